The molecular formula is C19H22FN3O5. The molecule has 0 amide bonds. The number of aromatic nitrogens is 2. The van der Waals surface area contributed by atoms with Gasteiger partial charge in [0, 0.05) is 55.4 Å². The summed E-state index contributed by atoms with van der Waals surface area (Å²) >= 11 is 0. The summed E-state index contributed by atoms with van der Waals surface area (Å²) in [5.41, 5.74) is 1.74. The van der Waals surface area contributed by atoms with Gasteiger partial charge in [0.1, 0.15) is 0 Å². The van der Waals surface area contributed by atoms with Crippen molar-refractivity contribution in [3.63, 3.8) is 0 Å². The second-order valence-electron chi connectivity index (χ2n) is 6.98. The number of halogens is 1. The average Bonchev–Trinajstić information content (AvgIpc) is 3.08. The summed E-state index contributed by atoms with van der Waals surface area (Å²) in [6.45, 7) is 3.54. The smallest absolute Gasteiger partial charge is 0.328 e. The topological polar surface area (TPSA) is 116 Å². The zero-order valence-electron chi connectivity index (χ0n) is 15.4. The average molecular weight is 391 g/mol. The molecule has 2 heterocycles. The fourth-order valence-corrected chi connectivity index (χ4v) is 3.50. The second-order valence-corrected chi connectivity index (χ2v) is 6.98. The number of carboxylic acid groups (broad SMARTS) is 2. The zero-order valence-corrected chi connectivity index (χ0v) is 15.4. The van der Waals surface area contributed by atoms with Gasteiger partial charge < -0.3 is 19.8 Å². The highest BCUT2D eigenvalue weighted by atomic mass is 19.1. The van der Waals surface area contributed by atoms with Gasteiger partial charge in [-0.05, 0) is 24.3 Å². The van der Waals surface area contributed by atoms with Gasteiger partial charge in [0.15, 0.2) is 11.6 Å². The van der Waals surface area contributed by atoms with Gasteiger partial charge >= 0.3 is 11.9 Å². The van der Waals surface area contributed by atoms with Gasteiger partial charge in [-0.15, -0.1) is 0 Å². The number of carbonyl (C=O) groups is 2. The van der Waals surface area contributed by atoms with Gasteiger partial charge in [0.2, 0.25) is 0 Å². The zero-order chi connectivity index (χ0) is 20.3. The van der Waals surface area contributed by atoms with E-state index >= 15 is 0 Å². The molecular weight excluding hydrogens is 369 g/mol. The Morgan fingerprint density at radius 3 is 2.50 bits per heavy atom. The molecule has 1 aliphatic carbocycles. The Bertz CT molecular complexity index is 884. The van der Waals surface area contributed by atoms with E-state index < -0.39 is 11.9 Å². The molecule has 0 bridgehead atoms. The minimum atomic E-state index is -1.26. The van der Waals surface area contributed by atoms with Crippen LogP contribution in [0.2, 0.25) is 0 Å². The van der Waals surface area contributed by atoms with Crippen LogP contribution in [-0.2, 0) is 16.0 Å². The van der Waals surface area contributed by atoms with Gasteiger partial charge in [-0.1, -0.05) is 0 Å². The maximum Gasteiger partial charge on any atom is 0.328 e. The van der Waals surface area contributed by atoms with Crippen LogP contribution in [0.15, 0.2) is 24.3 Å². The molecule has 2 atom stereocenters. The van der Waals surface area contributed by atoms with E-state index in [9.17, 15) is 14.0 Å². The van der Waals surface area contributed by atoms with E-state index in [2.05, 4.69) is 15.1 Å². The Hall–Kier alpha value is -2.94. The van der Waals surface area contributed by atoms with Crippen LogP contribution in [0.3, 0.4) is 0 Å². The number of ether oxygens (including phenoxy) is 1. The lowest BCUT2D eigenvalue weighted by molar-refractivity contribution is -0.134. The minimum Gasteiger partial charge on any atom is -0.494 e. The number of piperidine rings is 1. The van der Waals surface area contributed by atoms with Crippen LogP contribution in [0.1, 0.15) is 12.1 Å². The van der Waals surface area contributed by atoms with Crippen LogP contribution < -0.4 is 4.74 Å². The highest BCUT2D eigenvalue weighted by Crippen LogP contribution is 2.44. The van der Waals surface area contributed by atoms with Crippen molar-refractivity contribution in [3.05, 3.63) is 35.8 Å². The number of carboxylic acids is 2. The monoisotopic (exact) mass is 391 g/mol. The fourth-order valence-electron chi connectivity index (χ4n) is 3.50. The molecule has 1 aliphatic heterocycles. The van der Waals surface area contributed by atoms with E-state index in [4.69, 9.17) is 14.9 Å². The van der Waals surface area contributed by atoms with Crippen LogP contribution in [0, 0.1) is 17.7 Å². The molecule has 150 valence electrons. The lowest BCUT2D eigenvalue weighted by atomic mass is 10.1. The van der Waals surface area contributed by atoms with Gasteiger partial charge in [-0.25, -0.2) is 14.0 Å². The number of nitrogens with zero attached hydrogens (tertiary/aromatic N) is 2. The molecule has 2 aromatic rings. The number of rotatable bonds is 6. The van der Waals surface area contributed by atoms with Crippen LogP contribution in [0.5, 0.6) is 5.75 Å². The number of hydrogen-bond donors (Lipinski definition) is 3. The van der Waals surface area contributed by atoms with Crippen molar-refractivity contribution in [2.24, 2.45) is 11.8 Å². The lowest BCUT2D eigenvalue weighted by Gasteiger charge is -2.16. The predicted molar refractivity (Wildman–Crippen MR) is 98.8 cm³/mol. The molecule has 1 saturated heterocycles. The van der Waals surface area contributed by atoms with Gasteiger partial charge in [-0.3, -0.25) is 5.10 Å². The van der Waals surface area contributed by atoms with E-state index in [0.717, 1.165) is 35.9 Å². The largest absolute Gasteiger partial charge is 0.494 e. The Balaban J connectivity index is 0.000000242. The first-order valence-corrected chi connectivity index (χ1v) is 8.94. The highest BCUT2D eigenvalue weighted by Gasteiger charge is 2.44. The molecule has 3 N–H and O–H groups in total. The summed E-state index contributed by atoms with van der Waals surface area (Å²) in [6.07, 6.45) is 3.47. The Morgan fingerprint density at radius 1 is 1.29 bits per heavy atom. The number of nitrogens with one attached hydrogen (secondary N) is 1. The number of H-pyrrole nitrogens is 1. The molecule has 2 unspecified atom stereocenters. The Kier molecular flexibility index (Phi) is 5.93. The van der Waals surface area contributed by atoms with Gasteiger partial charge in [0.25, 0.3) is 0 Å². The quantitative estimate of drug-likeness (QED) is 0.644. The summed E-state index contributed by atoms with van der Waals surface area (Å²) in [4.78, 5) is 21.6. The van der Waals surface area contributed by atoms with Crippen molar-refractivity contribution in [2.75, 3.05) is 26.7 Å². The standard InChI is InChI=1S/C15H18FN3O.C4H4O4/c1-20-15-5-11-13(17-18-14(11)6-12(15)16)2-3-19-7-9-4-10(9)8-19;5-3(6)1-2-4(7)8/h5-6,9-10H,2-4,7-8H2,1H3,(H,17,18);1-2H,(H,5,6)(H,7,8)/b;2-1+. The number of benzene rings is 1. The number of aliphatic carboxylic acids is 2. The SMILES string of the molecule is COc1cc2c(CCN3CC4CC4C3)[nH]nc2cc1F.O=C(O)/C=C/C(=O)O. The third kappa shape index (κ3) is 4.86. The van der Waals surface area contributed by atoms with Crippen molar-refractivity contribution in [1.82, 2.24) is 15.1 Å². The van der Waals surface area contributed by atoms with Crippen LogP contribution in [0.4, 0.5) is 4.39 Å². The lowest BCUT2D eigenvalue weighted by Crippen LogP contribution is -2.25. The highest BCUT2D eigenvalue weighted by molar-refractivity contribution is 5.89. The molecule has 1 aromatic carbocycles. The van der Waals surface area contributed by atoms with Crippen molar-refractivity contribution in [2.45, 2.75) is 12.8 Å². The maximum absolute atomic E-state index is 13.6. The molecule has 1 aromatic heterocycles. The summed E-state index contributed by atoms with van der Waals surface area (Å²) in [5.74, 6) is -0.676. The molecule has 28 heavy (non-hydrogen) atoms. The maximum atomic E-state index is 13.6. The number of hydrogen-bond acceptors (Lipinski definition) is 5. The second kappa shape index (κ2) is 8.39. The van der Waals surface area contributed by atoms with Crippen molar-refractivity contribution < 1.29 is 28.9 Å². The normalized spacial score (nSPS) is 20.6. The molecule has 1 saturated carbocycles. The first-order chi connectivity index (χ1) is 13.4. The number of aromatic amines is 1. The summed E-state index contributed by atoms with van der Waals surface area (Å²) < 4.78 is 18.7. The number of likely N-dealkylation sites (tertiary alicyclic amines) is 1. The number of fused-ring (bicyclic) bond motifs is 2. The van der Waals surface area contributed by atoms with E-state index in [1.807, 2.05) is 0 Å². The molecule has 0 radical (unpaired) electrons. The van der Waals surface area contributed by atoms with Gasteiger partial charge in [-0.2, -0.15) is 5.10 Å². The predicted octanol–water partition coefficient (Wildman–Crippen LogP) is 1.92. The van der Waals surface area contributed by atoms with Crippen LogP contribution in [-0.4, -0.2) is 64.0 Å². The Morgan fingerprint density at radius 2 is 1.93 bits per heavy atom. The molecule has 9 heteroatoms. The first kappa shape index (κ1) is 19.8. The van der Waals surface area contributed by atoms with E-state index in [-0.39, 0.29) is 11.6 Å². The molecule has 8 nitrogen and oxygen atoms in total. The molecule has 2 fully saturated rings. The number of methoxy groups -OCH3 is 1. The van der Waals surface area contributed by atoms with Gasteiger partial charge in [0.05, 0.1) is 12.6 Å². The third-order valence-corrected chi connectivity index (χ3v) is 5.01. The third-order valence-electron chi connectivity index (χ3n) is 5.01. The summed E-state index contributed by atoms with van der Waals surface area (Å²) in [6, 6.07) is 3.17. The van der Waals surface area contributed by atoms with Crippen LogP contribution >= 0.6 is 0 Å². The molecule has 0 spiro atoms. The summed E-state index contributed by atoms with van der Waals surface area (Å²) in [7, 11) is 1.49. The van der Waals surface area contributed by atoms with Crippen molar-refractivity contribution in [1.29, 1.82) is 0 Å². The molecule has 4 rings (SSSR count). The van der Waals surface area contributed by atoms with E-state index in [1.165, 1.54) is 32.7 Å². The first-order valence-electron chi connectivity index (χ1n) is 8.94. The van der Waals surface area contributed by atoms with Crippen molar-refractivity contribution in [3.8, 4) is 5.75 Å². The summed E-state index contributed by atoms with van der Waals surface area (Å²) in [5, 5.41) is 23.8. The van der Waals surface area contributed by atoms with E-state index in [1.54, 1.807) is 6.07 Å². The molecule has 2 aliphatic rings. The van der Waals surface area contributed by atoms with Crippen molar-refractivity contribution >= 4 is 22.8 Å². The Labute approximate surface area is 160 Å². The minimum absolute atomic E-state index is 0.280. The fraction of sp³-hybridized carbons (Fsp3) is 0.421. The van der Waals surface area contributed by atoms with E-state index in [0.29, 0.717) is 17.7 Å². The van der Waals surface area contributed by atoms with Crippen LogP contribution in [0.25, 0.3) is 10.9 Å².